The molecule has 3 aliphatic heterocycles. The number of anilines is 2. The first kappa shape index (κ1) is 24.9. The molecule has 3 aliphatic rings. The van der Waals surface area contributed by atoms with Crippen molar-refractivity contribution in [2.24, 2.45) is 10.9 Å². The second-order valence-electron chi connectivity index (χ2n) is 10.4. The molecule has 1 saturated heterocycles. The zero-order chi connectivity index (χ0) is 25.4. The SMILES string of the molecule is CC1=CN/C(=C(\C=N)C(=O)Nc2cc3c(cc2N2CCC(C(C)(C)O)CC2)OC(C)(CO)C3)N=C1. The molecule has 188 valence electrons. The van der Waals surface area contributed by atoms with Gasteiger partial charge in [-0.1, -0.05) is 0 Å². The average molecular weight is 482 g/mol. The third kappa shape index (κ3) is 5.26. The summed E-state index contributed by atoms with van der Waals surface area (Å²) in [6.45, 7) is 8.78. The number of nitrogens with one attached hydrogen (secondary N) is 3. The summed E-state index contributed by atoms with van der Waals surface area (Å²) < 4.78 is 6.07. The molecule has 1 amide bonds. The van der Waals surface area contributed by atoms with Gasteiger partial charge in [-0.25, -0.2) is 4.99 Å². The molecule has 5 N–H and O–H groups in total. The Hall–Kier alpha value is -3.17. The van der Waals surface area contributed by atoms with E-state index in [1.165, 1.54) is 0 Å². The molecule has 9 heteroatoms. The fourth-order valence-corrected chi connectivity index (χ4v) is 4.83. The van der Waals surface area contributed by atoms with Gasteiger partial charge in [0.15, 0.2) is 0 Å². The van der Waals surface area contributed by atoms with E-state index in [1.54, 1.807) is 12.4 Å². The van der Waals surface area contributed by atoms with Crippen molar-refractivity contribution in [2.75, 3.05) is 29.9 Å². The third-order valence-corrected chi connectivity index (χ3v) is 6.99. The number of aliphatic hydroxyl groups is 2. The maximum atomic E-state index is 13.2. The van der Waals surface area contributed by atoms with E-state index >= 15 is 0 Å². The van der Waals surface area contributed by atoms with Crippen LogP contribution in [0.2, 0.25) is 0 Å². The number of allylic oxidation sites excluding steroid dienone is 1. The average Bonchev–Trinajstić information content (AvgIpc) is 3.15. The number of piperidine rings is 1. The molecule has 1 unspecified atom stereocenters. The Balaban J connectivity index is 1.65. The van der Waals surface area contributed by atoms with Crippen LogP contribution in [-0.2, 0) is 11.2 Å². The van der Waals surface area contributed by atoms with Gasteiger partial charge in [0.1, 0.15) is 17.2 Å². The predicted molar refractivity (Wildman–Crippen MR) is 137 cm³/mol. The minimum absolute atomic E-state index is 0.115. The summed E-state index contributed by atoms with van der Waals surface area (Å²) in [4.78, 5) is 19.7. The van der Waals surface area contributed by atoms with Crippen LogP contribution in [0, 0.1) is 11.3 Å². The molecule has 1 atom stereocenters. The maximum Gasteiger partial charge on any atom is 0.261 e. The van der Waals surface area contributed by atoms with Crippen molar-refractivity contribution in [3.8, 4) is 5.75 Å². The van der Waals surface area contributed by atoms with E-state index in [4.69, 9.17) is 10.1 Å². The van der Waals surface area contributed by atoms with Crippen molar-refractivity contribution in [3.05, 3.63) is 40.9 Å². The first-order valence-electron chi connectivity index (χ1n) is 12.0. The second kappa shape index (κ2) is 9.47. The summed E-state index contributed by atoms with van der Waals surface area (Å²) in [6.07, 6.45) is 6.55. The molecular formula is C26H35N5O4. The molecule has 35 heavy (non-hydrogen) atoms. The fraction of sp³-hybridized carbons (Fsp3) is 0.500. The first-order chi connectivity index (χ1) is 16.5. The molecule has 0 aliphatic carbocycles. The standard InChI is InChI=1S/C26H35N5O4/c1-16-13-28-23(29-14-16)19(12-27)24(33)30-20-9-17-11-26(4,15-32)35-22(17)10-21(20)31-7-5-18(6-8-31)25(2,3)34/h9-10,12-14,18,27-28,32,34H,5-8,11,15H2,1-4H3,(H,30,33)/b23-19-,27-12?. The monoisotopic (exact) mass is 481 g/mol. The molecule has 0 spiro atoms. The van der Waals surface area contributed by atoms with Gasteiger partial charge < -0.3 is 35.9 Å². The number of rotatable bonds is 6. The van der Waals surface area contributed by atoms with Crippen LogP contribution < -0.4 is 20.3 Å². The summed E-state index contributed by atoms with van der Waals surface area (Å²) in [7, 11) is 0. The molecule has 0 aromatic heterocycles. The Bertz CT molecular complexity index is 1110. The number of aliphatic hydroxyl groups excluding tert-OH is 1. The molecule has 0 radical (unpaired) electrons. The number of carbonyl (C=O) groups excluding carboxylic acids is 1. The van der Waals surface area contributed by atoms with E-state index in [-0.39, 0.29) is 18.1 Å². The highest BCUT2D eigenvalue weighted by atomic mass is 16.5. The smallest absolute Gasteiger partial charge is 0.261 e. The first-order valence-corrected chi connectivity index (χ1v) is 12.0. The molecule has 9 nitrogen and oxygen atoms in total. The van der Waals surface area contributed by atoms with Crippen LogP contribution in [0.1, 0.15) is 46.1 Å². The lowest BCUT2D eigenvalue weighted by Gasteiger charge is -2.39. The second-order valence-corrected chi connectivity index (χ2v) is 10.4. The zero-order valence-electron chi connectivity index (χ0n) is 20.8. The molecule has 4 rings (SSSR count). The number of ether oxygens (including phenoxy) is 1. The van der Waals surface area contributed by atoms with Gasteiger partial charge in [-0.15, -0.1) is 0 Å². The minimum Gasteiger partial charge on any atom is -0.484 e. The van der Waals surface area contributed by atoms with Gasteiger partial charge in [0.2, 0.25) is 0 Å². The van der Waals surface area contributed by atoms with Crippen molar-refractivity contribution in [2.45, 2.75) is 58.2 Å². The van der Waals surface area contributed by atoms with E-state index < -0.39 is 17.1 Å². The fourth-order valence-electron chi connectivity index (χ4n) is 4.83. The Labute approximate surface area is 206 Å². The Kier molecular flexibility index (Phi) is 6.75. The number of carbonyl (C=O) groups is 1. The van der Waals surface area contributed by atoms with Crippen molar-refractivity contribution in [3.63, 3.8) is 0 Å². The van der Waals surface area contributed by atoms with Crippen molar-refractivity contribution < 1.29 is 19.7 Å². The number of nitrogens with zero attached hydrogens (tertiary/aromatic N) is 2. The van der Waals surface area contributed by atoms with Gasteiger partial charge in [-0.2, -0.15) is 0 Å². The minimum atomic E-state index is -0.738. The van der Waals surface area contributed by atoms with Crippen molar-refractivity contribution >= 4 is 29.7 Å². The summed E-state index contributed by atoms with van der Waals surface area (Å²) in [5.74, 6) is 0.766. The summed E-state index contributed by atoms with van der Waals surface area (Å²) in [5.41, 5.74) is 1.94. The predicted octanol–water partition coefficient (Wildman–Crippen LogP) is 2.74. The lowest BCUT2D eigenvalue weighted by molar-refractivity contribution is -0.112. The highest BCUT2D eigenvalue weighted by Crippen LogP contribution is 2.43. The number of aliphatic imine (C=N–C) groups is 1. The zero-order valence-corrected chi connectivity index (χ0v) is 20.8. The van der Waals surface area contributed by atoms with Crippen LogP contribution in [0.15, 0.2) is 40.3 Å². The summed E-state index contributed by atoms with van der Waals surface area (Å²) >= 11 is 0. The van der Waals surface area contributed by atoms with E-state index in [1.807, 2.05) is 39.8 Å². The van der Waals surface area contributed by atoms with Crippen LogP contribution in [0.25, 0.3) is 0 Å². The van der Waals surface area contributed by atoms with Crippen LogP contribution in [-0.4, -0.2) is 59.4 Å². The number of hydrogen-bond donors (Lipinski definition) is 5. The topological polar surface area (TPSA) is 130 Å². The molecule has 1 aromatic rings. The van der Waals surface area contributed by atoms with E-state index in [0.29, 0.717) is 23.7 Å². The lowest BCUT2D eigenvalue weighted by atomic mass is 9.83. The van der Waals surface area contributed by atoms with Gasteiger partial charge in [0.25, 0.3) is 5.91 Å². The largest absolute Gasteiger partial charge is 0.484 e. The van der Waals surface area contributed by atoms with Gasteiger partial charge in [-0.3, -0.25) is 4.79 Å². The summed E-state index contributed by atoms with van der Waals surface area (Å²) in [5, 5.41) is 34.0. The van der Waals surface area contributed by atoms with Crippen LogP contribution >= 0.6 is 0 Å². The number of hydrogen-bond acceptors (Lipinski definition) is 8. The highest BCUT2D eigenvalue weighted by molar-refractivity contribution is 6.18. The molecule has 0 saturated carbocycles. The molecule has 1 aromatic carbocycles. The van der Waals surface area contributed by atoms with Crippen LogP contribution in [0.4, 0.5) is 11.4 Å². The van der Waals surface area contributed by atoms with Crippen LogP contribution in [0.3, 0.4) is 0 Å². The van der Waals surface area contributed by atoms with Gasteiger partial charge >= 0.3 is 0 Å². The van der Waals surface area contributed by atoms with Gasteiger partial charge in [0, 0.05) is 49.8 Å². The van der Waals surface area contributed by atoms with Gasteiger partial charge in [0.05, 0.1) is 29.2 Å². The Morgan fingerprint density at radius 3 is 2.69 bits per heavy atom. The van der Waals surface area contributed by atoms with Crippen LogP contribution in [0.5, 0.6) is 5.75 Å². The molecular weight excluding hydrogens is 446 g/mol. The quantitative estimate of drug-likeness (QED) is 0.314. The Morgan fingerprint density at radius 1 is 1.40 bits per heavy atom. The lowest BCUT2D eigenvalue weighted by Crippen LogP contribution is -2.42. The van der Waals surface area contributed by atoms with E-state index in [9.17, 15) is 15.0 Å². The van der Waals surface area contributed by atoms with E-state index in [0.717, 1.165) is 49.0 Å². The van der Waals surface area contributed by atoms with E-state index in [2.05, 4.69) is 20.5 Å². The Morgan fingerprint density at radius 2 is 2.11 bits per heavy atom. The normalized spacial score (nSPS) is 23.7. The van der Waals surface area contributed by atoms with Crippen molar-refractivity contribution in [1.29, 1.82) is 5.41 Å². The number of amides is 1. The third-order valence-electron chi connectivity index (χ3n) is 6.99. The van der Waals surface area contributed by atoms with Crippen molar-refractivity contribution in [1.82, 2.24) is 5.32 Å². The molecule has 0 bridgehead atoms. The van der Waals surface area contributed by atoms with Gasteiger partial charge in [-0.05, 0) is 58.1 Å². The maximum absolute atomic E-state index is 13.2. The molecule has 1 fully saturated rings. The highest BCUT2D eigenvalue weighted by Gasteiger charge is 2.37. The number of benzene rings is 1. The number of fused-ring (bicyclic) bond motifs is 1. The molecule has 3 heterocycles. The summed E-state index contributed by atoms with van der Waals surface area (Å²) in [6, 6.07) is 3.83.